The monoisotopic (exact) mass is 293 g/mol. The molecule has 1 aromatic heterocycles. The highest BCUT2D eigenvalue weighted by Crippen LogP contribution is 2.28. The lowest BCUT2D eigenvalue weighted by atomic mass is 10.2. The van der Waals surface area contributed by atoms with Crippen molar-refractivity contribution >= 4 is 23.5 Å². The van der Waals surface area contributed by atoms with Gasteiger partial charge in [-0.2, -0.15) is 11.8 Å². The molecule has 2 atom stereocenters. The molecule has 2 unspecified atom stereocenters. The Labute approximate surface area is 125 Å². The zero-order valence-corrected chi connectivity index (χ0v) is 13.0. The van der Waals surface area contributed by atoms with E-state index in [1.807, 2.05) is 23.9 Å². The molecule has 1 saturated carbocycles. The van der Waals surface area contributed by atoms with Crippen molar-refractivity contribution in [2.45, 2.75) is 43.9 Å². The van der Waals surface area contributed by atoms with Crippen LogP contribution in [0.2, 0.25) is 0 Å². The summed E-state index contributed by atoms with van der Waals surface area (Å²) >= 11 is 1.90. The highest BCUT2D eigenvalue weighted by atomic mass is 32.2. The number of pyridine rings is 1. The van der Waals surface area contributed by atoms with Crippen LogP contribution in [0.15, 0.2) is 18.3 Å². The first-order valence-corrected chi connectivity index (χ1v) is 8.56. The SMILES string of the molecule is CCCNc1ncccc1C(=O)NC1CCC(SC)C1. The number of nitrogens with zero attached hydrogens (tertiary/aromatic N) is 1. The number of amides is 1. The van der Waals surface area contributed by atoms with E-state index in [2.05, 4.69) is 28.8 Å². The van der Waals surface area contributed by atoms with E-state index in [1.54, 1.807) is 6.20 Å². The van der Waals surface area contributed by atoms with Crippen molar-refractivity contribution in [3.63, 3.8) is 0 Å². The molecule has 2 N–H and O–H groups in total. The van der Waals surface area contributed by atoms with Crippen molar-refractivity contribution in [2.75, 3.05) is 18.1 Å². The van der Waals surface area contributed by atoms with Crippen LogP contribution in [0.4, 0.5) is 5.82 Å². The Morgan fingerprint density at radius 1 is 1.50 bits per heavy atom. The van der Waals surface area contributed by atoms with E-state index in [9.17, 15) is 4.79 Å². The van der Waals surface area contributed by atoms with Crippen LogP contribution in [0.1, 0.15) is 43.0 Å². The Hall–Kier alpha value is -1.23. The van der Waals surface area contributed by atoms with Crippen LogP contribution in [0.5, 0.6) is 0 Å². The average Bonchev–Trinajstić information content (AvgIpc) is 2.93. The molecule has 1 fully saturated rings. The summed E-state index contributed by atoms with van der Waals surface area (Å²) in [7, 11) is 0. The molecule has 1 aliphatic carbocycles. The maximum Gasteiger partial charge on any atom is 0.255 e. The van der Waals surface area contributed by atoms with Crippen molar-refractivity contribution in [3.05, 3.63) is 23.9 Å². The summed E-state index contributed by atoms with van der Waals surface area (Å²) in [6.45, 7) is 2.92. The largest absolute Gasteiger partial charge is 0.369 e. The van der Waals surface area contributed by atoms with Crippen LogP contribution in [-0.2, 0) is 0 Å². The van der Waals surface area contributed by atoms with E-state index in [0.29, 0.717) is 22.7 Å². The minimum Gasteiger partial charge on any atom is -0.369 e. The van der Waals surface area contributed by atoms with Gasteiger partial charge in [-0.1, -0.05) is 6.92 Å². The van der Waals surface area contributed by atoms with Gasteiger partial charge < -0.3 is 10.6 Å². The minimum atomic E-state index is -0.0107. The van der Waals surface area contributed by atoms with Crippen molar-refractivity contribution in [2.24, 2.45) is 0 Å². The molecule has 0 spiro atoms. The second-order valence-electron chi connectivity index (χ2n) is 5.17. The van der Waals surface area contributed by atoms with Crippen molar-refractivity contribution in [1.29, 1.82) is 0 Å². The predicted molar refractivity (Wildman–Crippen MR) is 85.4 cm³/mol. The molecule has 1 aromatic rings. The maximum atomic E-state index is 12.4. The van der Waals surface area contributed by atoms with Crippen LogP contribution < -0.4 is 10.6 Å². The molecule has 2 rings (SSSR count). The van der Waals surface area contributed by atoms with Gasteiger partial charge in [0.05, 0.1) is 5.56 Å². The first-order chi connectivity index (χ1) is 9.74. The summed E-state index contributed by atoms with van der Waals surface area (Å²) in [5.41, 5.74) is 0.647. The fourth-order valence-electron chi connectivity index (χ4n) is 2.52. The van der Waals surface area contributed by atoms with Gasteiger partial charge in [-0.3, -0.25) is 4.79 Å². The van der Waals surface area contributed by atoms with E-state index in [4.69, 9.17) is 0 Å². The third-order valence-corrected chi connectivity index (χ3v) is 4.74. The summed E-state index contributed by atoms with van der Waals surface area (Å²) in [6.07, 6.45) is 8.22. The Kier molecular flexibility index (Phi) is 5.71. The highest BCUT2D eigenvalue weighted by Gasteiger charge is 2.26. The lowest BCUT2D eigenvalue weighted by Crippen LogP contribution is -2.33. The maximum absolute atomic E-state index is 12.4. The van der Waals surface area contributed by atoms with Crippen LogP contribution in [-0.4, -0.2) is 35.0 Å². The van der Waals surface area contributed by atoms with Crippen LogP contribution >= 0.6 is 11.8 Å². The molecule has 5 heteroatoms. The number of anilines is 1. The van der Waals surface area contributed by atoms with E-state index in [-0.39, 0.29) is 5.91 Å². The molecule has 0 aliphatic heterocycles. The Balaban J connectivity index is 1.98. The van der Waals surface area contributed by atoms with E-state index >= 15 is 0 Å². The fourth-order valence-corrected chi connectivity index (χ4v) is 3.32. The van der Waals surface area contributed by atoms with Gasteiger partial charge in [-0.25, -0.2) is 4.98 Å². The minimum absolute atomic E-state index is 0.0107. The number of rotatable bonds is 6. The molecule has 110 valence electrons. The average molecular weight is 293 g/mol. The summed E-state index contributed by atoms with van der Waals surface area (Å²) in [5, 5.41) is 7.04. The Morgan fingerprint density at radius 2 is 2.35 bits per heavy atom. The molecule has 0 radical (unpaired) electrons. The highest BCUT2D eigenvalue weighted by molar-refractivity contribution is 7.99. The van der Waals surface area contributed by atoms with Gasteiger partial charge in [0.2, 0.25) is 0 Å². The number of aromatic nitrogens is 1. The fraction of sp³-hybridized carbons (Fsp3) is 0.600. The lowest BCUT2D eigenvalue weighted by Gasteiger charge is -2.15. The summed E-state index contributed by atoms with van der Waals surface area (Å²) in [6, 6.07) is 3.95. The summed E-state index contributed by atoms with van der Waals surface area (Å²) in [4.78, 5) is 16.6. The van der Waals surface area contributed by atoms with Crippen molar-refractivity contribution < 1.29 is 4.79 Å². The number of hydrogen-bond acceptors (Lipinski definition) is 4. The van der Waals surface area contributed by atoms with Crippen LogP contribution in [0.25, 0.3) is 0 Å². The second kappa shape index (κ2) is 7.53. The number of hydrogen-bond donors (Lipinski definition) is 2. The predicted octanol–water partition coefficient (Wildman–Crippen LogP) is 2.92. The van der Waals surface area contributed by atoms with Gasteiger partial charge in [-0.15, -0.1) is 0 Å². The van der Waals surface area contributed by atoms with E-state index in [0.717, 1.165) is 25.8 Å². The Morgan fingerprint density at radius 3 is 3.05 bits per heavy atom. The zero-order chi connectivity index (χ0) is 14.4. The molecular weight excluding hydrogens is 270 g/mol. The quantitative estimate of drug-likeness (QED) is 0.847. The van der Waals surface area contributed by atoms with Gasteiger partial charge in [0, 0.05) is 24.0 Å². The standard InChI is InChI=1S/C15H23N3OS/c1-3-8-16-14-13(5-4-9-17-14)15(19)18-11-6-7-12(10-11)20-2/h4-5,9,11-12H,3,6-8,10H2,1-2H3,(H,16,17)(H,18,19). The topological polar surface area (TPSA) is 54.0 Å². The molecule has 0 aromatic carbocycles. The van der Waals surface area contributed by atoms with E-state index < -0.39 is 0 Å². The summed E-state index contributed by atoms with van der Waals surface area (Å²) in [5.74, 6) is 0.676. The zero-order valence-electron chi connectivity index (χ0n) is 12.2. The molecule has 20 heavy (non-hydrogen) atoms. The molecule has 0 bridgehead atoms. The molecule has 0 saturated heterocycles. The van der Waals surface area contributed by atoms with Gasteiger partial charge in [0.1, 0.15) is 5.82 Å². The second-order valence-corrected chi connectivity index (χ2v) is 6.31. The first-order valence-electron chi connectivity index (χ1n) is 7.27. The Bertz CT molecular complexity index is 452. The third kappa shape index (κ3) is 3.88. The van der Waals surface area contributed by atoms with Gasteiger partial charge in [-0.05, 0) is 44.1 Å². The molecular formula is C15H23N3OS. The number of carbonyl (C=O) groups excluding carboxylic acids is 1. The number of nitrogens with one attached hydrogen (secondary N) is 2. The molecule has 1 amide bonds. The van der Waals surface area contributed by atoms with Crippen molar-refractivity contribution in [1.82, 2.24) is 10.3 Å². The summed E-state index contributed by atoms with van der Waals surface area (Å²) < 4.78 is 0. The number of carbonyl (C=O) groups is 1. The lowest BCUT2D eigenvalue weighted by molar-refractivity contribution is 0.0938. The van der Waals surface area contributed by atoms with Gasteiger partial charge >= 0.3 is 0 Å². The third-order valence-electron chi connectivity index (χ3n) is 3.65. The van der Waals surface area contributed by atoms with E-state index in [1.165, 1.54) is 6.42 Å². The van der Waals surface area contributed by atoms with Crippen molar-refractivity contribution in [3.8, 4) is 0 Å². The first kappa shape index (κ1) is 15.2. The van der Waals surface area contributed by atoms with Gasteiger partial charge in [0.15, 0.2) is 0 Å². The van der Waals surface area contributed by atoms with Gasteiger partial charge in [0.25, 0.3) is 5.91 Å². The van der Waals surface area contributed by atoms with Crippen LogP contribution in [0.3, 0.4) is 0 Å². The van der Waals surface area contributed by atoms with Crippen LogP contribution in [0, 0.1) is 0 Å². The molecule has 1 heterocycles. The normalized spacial score (nSPS) is 21.7. The smallest absolute Gasteiger partial charge is 0.255 e. The number of thioether (sulfide) groups is 1. The molecule has 1 aliphatic rings. The molecule has 4 nitrogen and oxygen atoms in total.